The highest BCUT2D eigenvalue weighted by Crippen LogP contribution is 2.44. The van der Waals surface area contributed by atoms with Gasteiger partial charge in [0, 0.05) is 18.8 Å². The number of carboxylic acid groups (broad SMARTS) is 1. The number of piperazine rings is 1. The van der Waals surface area contributed by atoms with E-state index in [9.17, 15) is 14.7 Å². The molecule has 1 aliphatic carbocycles. The lowest BCUT2D eigenvalue weighted by molar-refractivity contribution is -0.147. The molecule has 1 heterocycles. The van der Waals surface area contributed by atoms with Crippen LogP contribution in [-0.4, -0.2) is 48.6 Å². The second kappa shape index (κ2) is 5.15. The fourth-order valence-electron chi connectivity index (χ4n) is 3.18. The highest BCUT2D eigenvalue weighted by atomic mass is 16.4. The third-order valence-electron chi connectivity index (χ3n) is 4.76. The van der Waals surface area contributed by atoms with E-state index in [0.29, 0.717) is 25.9 Å². The molecule has 5 heteroatoms. The Morgan fingerprint density at radius 3 is 2.33 bits per heavy atom. The van der Waals surface area contributed by atoms with Crippen LogP contribution in [0.5, 0.6) is 0 Å². The van der Waals surface area contributed by atoms with Gasteiger partial charge < -0.3 is 10.0 Å². The van der Waals surface area contributed by atoms with Gasteiger partial charge in [-0.15, -0.1) is 0 Å². The van der Waals surface area contributed by atoms with Gasteiger partial charge in [0.2, 0.25) is 5.91 Å². The molecule has 1 aliphatic heterocycles. The summed E-state index contributed by atoms with van der Waals surface area (Å²) in [4.78, 5) is 27.3. The number of aliphatic carboxylic acids is 1. The number of anilines is 1. The Morgan fingerprint density at radius 1 is 1.19 bits per heavy atom. The van der Waals surface area contributed by atoms with Crippen LogP contribution in [0.25, 0.3) is 0 Å². The predicted molar refractivity (Wildman–Crippen MR) is 79.5 cm³/mol. The van der Waals surface area contributed by atoms with Crippen molar-refractivity contribution in [2.24, 2.45) is 0 Å². The molecule has 2 aliphatic rings. The molecule has 112 valence electrons. The van der Waals surface area contributed by atoms with Crippen LogP contribution in [-0.2, 0) is 15.0 Å². The van der Waals surface area contributed by atoms with Crippen molar-refractivity contribution in [1.82, 2.24) is 4.90 Å². The topological polar surface area (TPSA) is 60.9 Å². The van der Waals surface area contributed by atoms with Gasteiger partial charge in [-0.1, -0.05) is 18.6 Å². The molecule has 0 aromatic heterocycles. The van der Waals surface area contributed by atoms with Crippen LogP contribution in [0.3, 0.4) is 0 Å². The molecular formula is C16H20N2O3. The molecule has 1 amide bonds. The maximum absolute atomic E-state index is 12.1. The largest absolute Gasteiger partial charge is 0.481 e. The Labute approximate surface area is 124 Å². The van der Waals surface area contributed by atoms with Crippen molar-refractivity contribution in [2.75, 3.05) is 31.6 Å². The van der Waals surface area contributed by atoms with Crippen LogP contribution in [0.15, 0.2) is 24.3 Å². The molecule has 3 rings (SSSR count). The number of hydrogen-bond acceptors (Lipinski definition) is 3. The minimum atomic E-state index is -0.739. The summed E-state index contributed by atoms with van der Waals surface area (Å²) in [7, 11) is 1.94. The van der Waals surface area contributed by atoms with Crippen molar-refractivity contribution in [3.8, 4) is 0 Å². The minimum Gasteiger partial charge on any atom is -0.481 e. The van der Waals surface area contributed by atoms with Gasteiger partial charge in [-0.2, -0.15) is 0 Å². The molecule has 1 N–H and O–H groups in total. The fourth-order valence-corrected chi connectivity index (χ4v) is 3.18. The van der Waals surface area contributed by atoms with E-state index in [4.69, 9.17) is 0 Å². The molecule has 0 radical (unpaired) electrons. The van der Waals surface area contributed by atoms with E-state index in [0.717, 1.165) is 24.2 Å². The van der Waals surface area contributed by atoms with Gasteiger partial charge in [-0.25, -0.2) is 0 Å². The van der Waals surface area contributed by atoms with Gasteiger partial charge in [-0.05, 0) is 37.6 Å². The summed E-state index contributed by atoms with van der Waals surface area (Å²) < 4.78 is 0. The molecular weight excluding hydrogens is 268 g/mol. The lowest BCUT2D eigenvalue weighted by Crippen LogP contribution is -2.49. The molecule has 21 heavy (non-hydrogen) atoms. The molecule has 1 saturated heterocycles. The third kappa shape index (κ3) is 2.31. The number of carboxylic acids is 1. The Hall–Kier alpha value is -1.88. The molecule has 2 fully saturated rings. The van der Waals surface area contributed by atoms with Gasteiger partial charge in [0.1, 0.15) is 0 Å². The van der Waals surface area contributed by atoms with Crippen molar-refractivity contribution < 1.29 is 14.7 Å². The predicted octanol–water partition coefficient (Wildman–Crippen LogP) is 1.47. The molecule has 0 atom stereocenters. The summed E-state index contributed by atoms with van der Waals surface area (Å²) in [5, 5.41) is 9.46. The van der Waals surface area contributed by atoms with Crippen LogP contribution in [0, 0.1) is 0 Å². The summed E-state index contributed by atoms with van der Waals surface area (Å²) in [5.74, 6) is -0.648. The Balaban J connectivity index is 1.81. The molecule has 1 aromatic carbocycles. The molecule has 1 aromatic rings. The van der Waals surface area contributed by atoms with E-state index >= 15 is 0 Å². The summed E-state index contributed by atoms with van der Waals surface area (Å²) in [6.45, 7) is 1.96. The molecule has 0 unspecified atom stereocenters. The Kier molecular flexibility index (Phi) is 3.45. The zero-order valence-corrected chi connectivity index (χ0v) is 12.2. The van der Waals surface area contributed by atoms with Crippen LogP contribution >= 0.6 is 0 Å². The third-order valence-corrected chi connectivity index (χ3v) is 4.76. The van der Waals surface area contributed by atoms with Crippen molar-refractivity contribution >= 4 is 17.6 Å². The van der Waals surface area contributed by atoms with Gasteiger partial charge in [0.15, 0.2) is 0 Å². The number of amides is 1. The Morgan fingerprint density at radius 2 is 1.86 bits per heavy atom. The van der Waals surface area contributed by atoms with Crippen LogP contribution in [0.1, 0.15) is 24.8 Å². The van der Waals surface area contributed by atoms with Crippen LogP contribution in [0.2, 0.25) is 0 Å². The van der Waals surface area contributed by atoms with E-state index < -0.39 is 11.4 Å². The van der Waals surface area contributed by atoms with Gasteiger partial charge in [0.05, 0.1) is 12.0 Å². The number of carbonyl (C=O) groups excluding carboxylic acids is 1. The monoisotopic (exact) mass is 288 g/mol. The summed E-state index contributed by atoms with van der Waals surface area (Å²) in [6, 6.07) is 7.49. The van der Waals surface area contributed by atoms with Crippen LogP contribution in [0.4, 0.5) is 5.69 Å². The zero-order valence-electron chi connectivity index (χ0n) is 12.2. The fraction of sp³-hybridized carbons (Fsp3) is 0.500. The zero-order chi connectivity index (χ0) is 15.0. The van der Waals surface area contributed by atoms with Crippen molar-refractivity contribution in [2.45, 2.75) is 24.7 Å². The molecule has 0 spiro atoms. The minimum absolute atomic E-state index is 0.0908. The second-order valence-electron chi connectivity index (χ2n) is 6.07. The van der Waals surface area contributed by atoms with Crippen molar-refractivity contribution in [3.05, 3.63) is 29.8 Å². The van der Waals surface area contributed by atoms with Gasteiger partial charge in [-0.3, -0.25) is 14.5 Å². The van der Waals surface area contributed by atoms with E-state index in [-0.39, 0.29) is 5.91 Å². The SMILES string of the molecule is CN1CCN(c2ccc(C3(C(=O)O)CCC3)cc2)C(=O)C1. The van der Waals surface area contributed by atoms with Gasteiger partial charge in [0.25, 0.3) is 0 Å². The number of benzene rings is 1. The standard InChI is InChI=1S/C16H20N2O3/c1-17-9-10-18(14(19)11-17)13-5-3-12(4-6-13)16(15(20)21)7-2-8-16/h3-6H,2,7-11H2,1H3,(H,20,21). The first-order valence-electron chi connectivity index (χ1n) is 7.36. The lowest BCUT2D eigenvalue weighted by atomic mass is 9.64. The maximum atomic E-state index is 12.1. The summed E-state index contributed by atoms with van der Waals surface area (Å²) in [5.41, 5.74) is 1.01. The number of carbonyl (C=O) groups is 2. The first-order chi connectivity index (χ1) is 10.0. The highest BCUT2D eigenvalue weighted by Gasteiger charge is 2.45. The Bertz CT molecular complexity index is 563. The molecule has 5 nitrogen and oxygen atoms in total. The maximum Gasteiger partial charge on any atom is 0.314 e. The number of rotatable bonds is 3. The van der Waals surface area contributed by atoms with Crippen LogP contribution < -0.4 is 4.90 Å². The number of likely N-dealkylation sites (N-methyl/N-ethyl adjacent to an activating group) is 1. The highest BCUT2D eigenvalue weighted by molar-refractivity contribution is 5.95. The van der Waals surface area contributed by atoms with E-state index in [1.54, 1.807) is 4.90 Å². The first-order valence-corrected chi connectivity index (χ1v) is 7.36. The number of nitrogens with zero attached hydrogens (tertiary/aromatic N) is 2. The first kappa shape index (κ1) is 14.1. The van der Waals surface area contributed by atoms with E-state index in [2.05, 4.69) is 0 Å². The second-order valence-corrected chi connectivity index (χ2v) is 6.07. The number of hydrogen-bond donors (Lipinski definition) is 1. The average Bonchev–Trinajstić information content (AvgIpc) is 2.38. The molecule has 1 saturated carbocycles. The van der Waals surface area contributed by atoms with Crippen molar-refractivity contribution in [3.63, 3.8) is 0 Å². The lowest BCUT2D eigenvalue weighted by Gasteiger charge is -2.38. The van der Waals surface area contributed by atoms with Crippen molar-refractivity contribution in [1.29, 1.82) is 0 Å². The normalized spacial score (nSPS) is 22.0. The molecule has 0 bridgehead atoms. The average molecular weight is 288 g/mol. The quantitative estimate of drug-likeness (QED) is 0.915. The van der Waals surface area contributed by atoms with E-state index in [1.165, 1.54) is 0 Å². The summed E-state index contributed by atoms with van der Waals surface area (Å²) in [6.07, 6.45) is 2.37. The van der Waals surface area contributed by atoms with Gasteiger partial charge >= 0.3 is 5.97 Å². The smallest absolute Gasteiger partial charge is 0.314 e. The van der Waals surface area contributed by atoms with E-state index in [1.807, 2.05) is 36.2 Å². The summed E-state index contributed by atoms with van der Waals surface area (Å²) >= 11 is 0.